The van der Waals surface area contributed by atoms with Gasteiger partial charge < -0.3 is 19.9 Å². The molecule has 1 aliphatic rings. The van der Waals surface area contributed by atoms with Gasteiger partial charge in [-0.05, 0) is 38.1 Å². The summed E-state index contributed by atoms with van der Waals surface area (Å²) < 4.78 is 5.57. The van der Waals surface area contributed by atoms with Crippen molar-refractivity contribution >= 4 is 18.0 Å². The number of piperazine rings is 1. The maximum atomic E-state index is 12.1. The number of amides is 2. The van der Waals surface area contributed by atoms with E-state index in [4.69, 9.17) is 4.74 Å². The van der Waals surface area contributed by atoms with Crippen molar-refractivity contribution in [2.45, 2.75) is 20.0 Å². The minimum atomic E-state index is 0.0491. The van der Waals surface area contributed by atoms with Gasteiger partial charge in [0.05, 0.1) is 12.6 Å². The lowest BCUT2D eigenvalue weighted by molar-refractivity contribution is -0.133. The van der Waals surface area contributed by atoms with Crippen molar-refractivity contribution in [3.63, 3.8) is 0 Å². The molecule has 1 aliphatic heterocycles. The van der Waals surface area contributed by atoms with Crippen LogP contribution in [0.2, 0.25) is 0 Å². The molecule has 1 aromatic carbocycles. The van der Waals surface area contributed by atoms with Crippen LogP contribution in [0.4, 0.5) is 5.69 Å². The largest absolute Gasteiger partial charge is 0.491 e. The van der Waals surface area contributed by atoms with Gasteiger partial charge in [0, 0.05) is 31.9 Å². The highest BCUT2D eigenvalue weighted by Crippen LogP contribution is 2.16. The van der Waals surface area contributed by atoms with Gasteiger partial charge in [0.1, 0.15) is 5.75 Å². The van der Waals surface area contributed by atoms with Crippen molar-refractivity contribution in [3.8, 4) is 5.75 Å². The van der Waals surface area contributed by atoms with E-state index in [9.17, 15) is 9.59 Å². The van der Waals surface area contributed by atoms with Gasteiger partial charge >= 0.3 is 0 Å². The average molecular weight is 305 g/mol. The number of hydrogen-bond donors (Lipinski definition) is 1. The third kappa shape index (κ3) is 4.65. The summed E-state index contributed by atoms with van der Waals surface area (Å²) in [6.45, 7) is 6.63. The lowest BCUT2D eigenvalue weighted by atomic mass is 10.3. The fourth-order valence-corrected chi connectivity index (χ4v) is 2.29. The van der Waals surface area contributed by atoms with E-state index in [2.05, 4.69) is 5.32 Å². The molecule has 6 nitrogen and oxygen atoms in total. The summed E-state index contributed by atoms with van der Waals surface area (Å²) in [5.41, 5.74) is 0.885. The van der Waals surface area contributed by atoms with Gasteiger partial charge in [0.2, 0.25) is 12.3 Å². The monoisotopic (exact) mass is 305 g/mol. The summed E-state index contributed by atoms with van der Waals surface area (Å²) in [7, 11) is 0. The zero-order valence-electron chi connectivity index (χ0n) is 13.1. The maximum absolute atomic E-state index is 12.1. The van der Waals surface area contributed by atoms with E-state index in [0.29, 0.717) is 26.2 Å². The number of carbonyl (C=O) groups excluding carboxylic acids is 2. The second kappa shape index (κ2) is 7.68. The fraction of sp³-hybridized carbons (Fsp3) is 0.500. The smallest absolute Gasteiger partial charge is 0.241 e. The van der Waals surface area contributed by atoms with Crippen LogP contribution in [0.3, 0.4) is 0 Å². The molecule has 0 spiro atoms. The van der Waals surface area contributed by atoms with Crippen LogP contribution >= 0.6 is 0 Å². The van der Waals surface area contributed by atoms with Crippen LogP contribution in [0.1, 0.15) is 13.8 Å². The topological polar surface area (TPSA) is 61.9 Å². The van der Waals surface area contributed by atoms with Crippen molar-refractivity contribution < 1.29 is 14.3 Å². The Balaban J connectivity index is 1.77. The first-order valence-electron chi connectivity index (χ1n) is 7.56. The van der Waals surface area contributed by atoms with Crippen LogP contribution in [-0.2, 0) is 9.59 Å². The molecule has 2 amide bonds. The molecule has 120 valence electrons. The van der Waals surface area contributed by atoms with Gasteiger partial charge in [-0.25, -0.2) is 0 Å². The van der Waals surface area contributed by atoms with Gasteiger partial charge in [-0.2, -0.15) is 0 Å². The van der Waals surface area contributed by atoms with E-state index in [1.807, 2.05) is 38.1 Å². The minimum absolute atomic E-state index is 0.0491. The number of benzene rings is 1. The Bertz CT molecular complexity index is 494. The maximum Gasteiger partial charge on any atom is 0.241 e. The highest BCUT2D eigenvalue weighted by atomic mass is 16.5. The molecule has 0 atom stereocenters. The van der Waals surface area contributed by atoms with Gasteiger partial charge in [-0.3, -0.25) is 9.59 Å². The predicted octanol–water partition coefficient (Wildman–Crippen LogP) is 1.19. The number of carbonyl (C=O) groups is 2. The number of nitrogens with zero attached hydrogens (tertiary/aromatic N) is 2. The Hall–Kier alpha value is -2.24. The van der Waals surface area contributed by atoms with Crippen molar-refractivity contribution in [1.29, 1.82) is 0 Å². The van der Waals surface area contributed by atoms with Gasteiger partial charge in [-0.15, -0.1) is 0 Å². The molecular formula is C16H23N3O3. The number of rotatable bonds is 6. The first-order chi connectivity index (χ1) is 10.6. The lowest BCUT2D eigenvalue weighted by Gasteiger charge is -2.32. The van der Waals surface area contributed by atoms with Gasteiger partial charge in [-0.1, -0.05) is 0 Å². The molecule has 0 bridgehead atoms. The first-order valence-corrected chi connectivity index (χ1v) is 7.56. The van der Waals surface area contributed by atoms with Gasteiger partial charge in [0.15, 0.2) is 0 Å². The molecule has 6 heteroatoms. The van der Waals surface area contributed by atoms with E-state index in [1.54, 1.807) is 9.80 Å². The molecule has 0 unspecified atom stereocenters. The Labute approximate surface area is 131 Å². The Morgan fingerprint density at radius 1 is 1.23 bits per heavy atom. The third-order valence-electron chi connectivity index (χ3n) is 3.49. The van der Waals surface area contributed by atoms with Crippen LogP contribution in [-0.4, -0.2) is 60.9 Å². The standard InChI is InChI=1S/C16H23N3O3/c1-13(2)22-15-5-3-14(4-6-15)17-11-16(21)19-9-7-18(12-20)8-10-19/h3-6,12-13,17H,7-11H2,1-2H3. The molecule has 0 aromatic heterocycles. The highest BCUT2D eigenvalue weighted by Gasteiger charge is 2.19. The molecule has 1 fully saturated rings. The number of ether oxygens (including phenoxy) is 1. The second-order valence-corrected chi connectivity index (χ2v) is 5.57. The summed E-state index contributed by atoms with van der Waals surface area (Å²) in [4.78, 5) is 26.2. The van der Waals surface area contributed by atoms with E-state index in [0.717, 1.165) is 17.8 Å². The van der Waals surface area contributed by atoms with E-state index in [-0.39, 0.29) is 18.6 Å². The molecule has 1 heterocycles. The first kappa shape index (κ1) is 16.1. The molecule has 0 saturated carbocycles. The molecule has 1 aromatic rings. The van der Waals surface area contributed by atoms with E-state index >= 15 is 0 Å². The summed E-state index contributed by atoms with van der Waals surface area (Å²) >= 11 is 0. The van der Waals surface area contributed by atoms with Gasteiger partial charge in [0.25, 0.3) is 0 Å². The third-order valence-corrected chi connectivity index (χ3v) is 3.49. The van der Waals surface area contributed by atoms with Crippen molar-refractivity contribution in [2.24, 2.45) is 0 Å². The summed E-state index contributed by atoms with van der Waals surface area (Å²) in [5.74, 6) is 0.866. The second-order valence-electron chi connectivity index (χ2n) is 5.57. The van der Waals surface area contributed by atoms with Crippen LogP contribution in [0.15, 0.2) is 24.3 Å². The molecular weight excluding hydrogens is 282 g/mol. The Morgan fingerprint density at radius 2 is 1.86 bits per heavy atom. The number of nitrogens with one attached hydrogen (secondary N) is 1. The Morgan fingerprint density at radius 3 is 2.41 bits per heavy atom. The van der Waals surface area contributed by atoms with E-state index in [1.165, 1.54) is 0 Å². The zero-order valence-corrected chi connectivity index (χ0v) is 13.1. The van der Waals surface area contributed by atoms with Crippen LogP contribution in [0, 0.1) is 0 Å². The molecule has 1 N–H and O–H groups in total. The fourth-order valence-electron chi connectivity index (χ4n) is 2.29. The van der Waals surface area contributed by atoms with Crippen LogP contribution < -0.4 is 10.1 Å². The number of hydrogen-bond acceptors (Lipinski definition) is 4. The molecule has 2 rings (SSSR count). The molecule has 0 radical (unpaired) electrons. The highest BCUT2D eigenvalue weighted by molar-refractivity contribution is 5.81. The molecule has 22 heavy (non-hydrogen) atoms. The Kier molecular flexibility index (Phi) is 5.63. The predicted molar refractivity (Wildman–Crippen MR) is 84.9 cm³/mol. The van der Waals surface area contributed by atoms with Crippen LogP contribution in [0.5, 0.6) is 5.75 Å². The average Bonchev–Trinajstić information content (AvgIpc) is 2.53. The molecule has 0 aliphatic carbocycles. The van der Waals surface area contributed by atoms with Crippen LogP contribution in [0.25, 0.3) is 0 Å². The van der Waals surface area contributed by atoms with E-state index < -0.39 is 0 Å². The zero-order chi connectivity index (χ0) is 15.9. The number of anilines is 1. The minimum Gasteiger partial charge on any atom is -0.491 e. The SMILES string of the molecule is CC(C)Oc1ccc(NCC(=O)N2CCN(C=O)CC2)cc1. The summed E-state index contributed by atoms with van der Waals surface area (Å²) in [5, 5.41) is 3.12. The van der Waals surface area contributed by atoms with Crippen molar-refractivity contribution in [2.75, 3.05) is 38.0 Å². The quantitative estimate of drug-likeness (QED) is 0.802. The lowest BCUT2D eigenvalue weighted by Crippen LogP contribution is -2.49. The summed E-state index contributed by atoms with van der Waals surface area (Å²) in [6.07, 6.45) is 0.978. The summed E-state index contributed by atoms with van der Waals surface area (Å²) in [6, 6.07) is 7.57. The molecule has 1 saturated heterocycles. The normalized spacial score (nSPS) is 14.9. The van der Waals surface area contributed by atoms with Crippen molar-refractivity contribution in [1.82, 2.24) is 9.80 Å². The van der Waals surface area contributed by atoms with Crippen molar-refractivity contribution in [3.05, 3.63) is 24.3 Å².